The molecule has 0 fully saturated rings. The standard InChI is InChI=1S/C25H20N4O2S/c1-24(30)14-25(31,21-19(24)8-4-9-26-21)16-6-2-5-15(11-16)20-13-32-23(29-20)18-12-28-22-17(18)7-3-10-27-22/h2-13,30-31H,14H2,1H3,(H,27,28)/t24-,25+/m0/s1. The molecule has 0 saturated carbocycles. The molecule has 0 spiro atoms. The number of benzene rings is 1. The first-order chi connectivity index (χ1) is 15.5. The molecule has 6 nitrogen and oxygen atoms in total. The van der Waals surface area contributed by atoms with E-state index in [4.69, 9.17) is 4.98 Å². The van der Waals surface area contributed by atoms with Gasteiger partial charge in [-0.3, -0.25) is 4.98 Å². The Labute approximate surface area is 188 Å². The topological polar surface area (TPSA) is 94.9 Å². The quantitative estimate of drug-likeness (QED) is 0.381. The zero-order valence-corrected chi connectivity index (χ0v) is 18.1. The lowest BCUT2D eigenvalue weighted by Gasteiger charge is -2.25. The van der Waals surface area contributed by atoms with Crippen molar-refractivity contribution >= 4 is 22.4 Å². The second-order valence-electron chi connectivity index (χ2n) is 8.43. The van der Waals surface area contributed by atoms with Crippen LogP contribution in [0.3, 0.4) is 0 Å². The molecule has 0 aliphatic heterocycles. The minimum atomic E-state index is -1.36. The third kappa shape index (κ3) is 2.82. The lowest BCUT2D eigenvalue weighted by Crippen LogP contribution is -2.28. The molecule has 4 heterocycles. The Morgan fingerprint density at radius 2 is 1.88 bits per heavy atom. The summed E-state index contributed by atoms with van der Waals surface area (Å²) in [5.74, 6) is 0. The highest BCUT2D eigenvalue weighted by Crippen LogP contribution is 2.49. The number of aromatic nitrogens is 4. The molecule has 1 aromatic carbocycles. The molecular formula is C25H20N4O2S. The van der Waals surface area contributed by atoms with Gasteiger partial charge in [0.15, 0.2) is 0 Å². The lowest BCUT2D eigenvalue weighted by molar-refractivity contribution is -0.0143. The predicted molar refractivity (Wildman–Crippen MR) is 124 cm³/mol. The smallest absolute Gasteiger partial charge is 0.137 e. The van der Waals surface area contributed by atoms with E-state index in [9.17, 15) is 10.2 Å². The van der Waals surface area contributed by atoms with Gasteiger partial charge in [-0.25, -0.2) is 9.97 Å². The van der Waals surface area contributed by atoms with Gasteiger partial charge in [-0.2, -0.15) is 0 Å². The lowest BCUT2D eigenvalue weighted by atomic mass is 9.88. The van der Waals surface area contributed by atoms with Crippen LogP contribution >= 0.6 is 11.3 Å². The van der Waals surface area contributed by atoms with Crippen LogP contribution in [0.25, 0.3) is 32.9 Å². The predicted octanol–water partition coefficient (Wildman–Crippen LogP) is 4.60. The van der Waals surface area contributed by atoms with Gasteiger partial charge in [0.25, 0.3) is 0 Å². The van der Waals surface area contributed by atoms with Crippen molar-refractivity contribution in [1.82, 2.24) is 19.9 Å². The number of aliphatic hydroxyl groups is 2. The van der Waals surface area contributed by atoms with Crippen LogP contribution in [0.4, 0.5) is 0 Å². The molecule has 0 radical (unpaired) electrons. The Morgan fingerprint density at radius 3 is 2.78 bits per heavy atom. The van der Waals surface area contributed by atoms with E-state index < -0.39 is 11.2 Å². The van der Waals surface area contributed by atoms with E-state index in [2.05, 4.69) is 15.0 Å². The van der Waals surface area contributed by atoms with E-state index in [1.165, 1.54) is 0 Å². The van der Waals surface area contributed by atoms with Crippen LogP contribution in [0, 0.1) is 0 Å². The summed E-state index contributed by atoms with van der Waals surface area (Å²) in [4.78, 5) is 16.8. The first-order valence-corrected chi connectivity index (χ1v) is 11.2. The summed E-state index contributed by atoms with van der Waals surface area (Å²) >= 11 is 1.57. The second-order valence-corrected chi connectivity index (χ2v) is 9.29. The van der Waals surface area contributed by atoms with Crippen LogP contribution in [0.1, 0.15) is 30.2 Å². The van der Waals surface area contributed by atoms with Crippen molar-refractivity contribution in [2.45, 2.75) is 24.5 Å². The normalized spacial score (nSPS) is 22.3. The summed E-state index contributed by atoms with van der Waals surface area (Å²) in [5.41, 5.74) is 2.94. The second kappa shape index (κ2) is 6.80. The molecule has 32 heavy (non-hydrogen) atoms. The van der Waals surface area contributed by atoms with Gasteiger partial charge in [-0.05, 0) is 36.8 Å². The number of hydrogen-bond acceptors (Lipinski definition) is 6. The SMILES string of the molecule is C[C@]1(O)C[C@@](O)(c2cccc(-c3csc(-c4c[nH]c5ncccc45)n3)c2)c2ncccc21. The first kappa shape index (κ1) is 19.3. The molecule has 1 aliphatic rings. The third-order valence-corrected chi connectivity index (χ3v) is 7.08. The van der Waals surface area contributed by atoms with E-state index >= 15 is 0 Å². The van der Waals surface area contributed by atoms with E-state index in [0.717, 1.165) is 32.9 Å². The number of H-pyrrole nitrogens is 1. The van der Waals surface area contributed by atoms with Crippen LogP contribution in [-0.4, -0.2) is 30.1 Å². The van der Waals surface area contributed by atoms with Crippen molar-refractivity contribution in [3.8, 4) is 21.8 Å². The maximum absolute atomic E-state index is 11.6. The van der Waals surface area contributed by atoms with Gasteiger partial charge in [-0.1, -0.05) is 24.3 Å². The van der Waals surface area contributed by atoms with E-state index in [0.29, 0.717) is 16.8 Å². The highest BCUT2D eigenvalue weighted by molar-refractivity contribution is 7.13. The van der Waals surface area contributed by atoms with Crippen LogP contribution in [0.5, 0.6) is 0 Å². The van der Waals surface area contributed by atoms with Crippen molar-refractivity contribution in [3.05, 3.63) is 89.3 Å². The number of fused-ring (bicyclic) bond motifs is 2. The van der Waals surface area contributed by atoms with Gasteiger partial charge < -0.3 is 15.2 Å². The Kier molecular flexibility index (Phi) is 4.10. The third-order valence-electron chi connectivity index (χ3n) is 6.20. The molecule has 6 rings (SSSR count). The molecule has 0 amide bonds. The number of nitrogens with zero attached hydrogens (tertiary/aromatic N) is 3. The molecule has 1 aliphatic carbocycles. The Bertz CT molecular complexity index is 1470. The minimum absolute atomic E-state index is 0.153. The van der Waals surface area contributed by atoms with Gasteiger partial charge in [0, 0.05) is 52.5 Å². The molecule has 0 saturated heterocycles. The Morgan fingerprint density at radius 1 is 1.03 bits per heavy atom. The summed E-state index contributed by atoms with van der Waals surface area (Å²) in [5, 5.41) is 26.5. The summed E-state index contributed by atoms with van der Waals surface area (Å²) in [7, 11) is 0. The number of aromatic amines is 1. The number of hydrogen-bond donors (Lipinski definition) is 3. The van der Waals surface area contributed by atoms with Crippen molar-refractivity contribution in [3.63, 3.8) is 0 Å². The molecule has 7 heteroatoms. The maximum atomic E-state index is 11.6. The molecule has 3 N–H and O–H groups in total. The molecule has 2 atom stereocenters. The van der Waals surface area contributed by atoms with Gasteiger partial charge >= 0.3 is 0 Å². The van der Waals surface area contributed by atoms with Crippen LogP contribution in [-0.2, 0) is 11.2 Å². The molecule has 158 valence electrons. The van der Waals surface area contributed by atoms with E-state index in [1.807, 2.05) is 54.0 Å². The molecule has 0 unspecified atom stereocenters. The van der Waals surface area contributed by atoms with Crippen LogP contribution < -0.4 is 0 Å². The fourth-order valence-corrected chi connectivity index (χ4v) is 5.54. The fraction of sp³-hybridized carbons (Fsp3) is 0.160. The maximum Gasteiger partial charge on any atom is 0.137 e. The highest BCUT2D eigenvalue weighted by Gasteiger charge is 2.50. The van der Waals surface area contributed by atoms with Gasteiger partial charge in [0.1, 0.15) is 16.3 Å². The van der Waals surface area contributed by atoms with Gasteiger partial charge in [-0.15, -0.1) is 11.3 Å². The number of pyridine rings is 2. The first-order valence-electron chi connectivity index (χ1n) is 10.4. The summed E-state index contributed by atoms with van der Waals surface area (Å²) in [6.07, 6.45) is 5.50. The van der Waals surface area contributed by atoms with Crippen molar-refractivity contribution < 1.29 is 10.2 Å². The van der Waals surface area contributed by atoms with E-state index in [-0.39, 0.29) is 6.42 Å². The summed E-state index contributed by atoms with van der Waals surface area (Å²) in [6, 6.07) is 15.3. The van der Waals surface area contributed by atoms with Gasteiger partial charge in [0.2, 0.25) is 0 Å². The average molecular weight is 441 g/mol. The molecule has 4 aromatic heterocycles. The summed E-state index contributed by atoms with van der Waals surface area (Å²) < 4.78 is 0. The monoisotopic (exact) mass is 440 g/mol. The molecule has 5 aromatic rings. The zero-order chi connectivity index (χ0) is 21.9. The number of thiazole rings is 1. The number of rotatable bonds is 3. The largest absolute Gasteiger partial charge is 0.385 e. The van der Waals surface area contributed by atoms with E-state index in [1.54, 1.807) is 36.7 Å². The minimum Gasteiger partial charge on any atom is -0.385 e. The zero-order valence-electron chi connectivity index (χ0n) is 17.3. The van der Waals surface area contributed by atoms with Crippen molar-refractivity contribution in [2.24, 2.45) is 0 Å². The van der Waals surface area contributed by atoms with Crippen LogP contribution in [0.15, 0.2) is 72.5 Å². The number of nitrogens with one attached hydrogen (secondary N) is 1. The fourth-order valence-electron chi connectivity index (χ4n) is 4.68. The summed E-state index contributed by atoms with van der Waals surface area (Å²) in [6.45, 7) is 1.72. The highest BCUT2D eigenvalue weighted by atomic mass is 32.1. The van der Waals surface area contributed by atoms with Crippen molar-refractivity contribution in [2.75, 3.05) is 0 Å². The molecular weight excluding hydrogens is 420 g/mol. The van der Waals surface area contributed by atoms with Crippen LogP contribution in [0.2, 0.25) is 0 Å². The average Bonchev–Trinajstić information content (AvgIpc) is 3.50. The van der Waals surface area contributed by atoms with Crippen molar-refractivity contribution in [1.29, 1.82) is 0 Å². The Hall–Kier alpha value is -3.39. The molecule has 0 bridgehead atoms. The van der Waals surface area contributed by atoms with Gasteiger partial charge in [0.05, 0.1) is 17.0 Å². The Balaban J connectivity index is 1.41.